The molecular weight excluding hydrogens is 289 g/mol. The normalized spacial score (nSPS) is 10.8. The number of halogens is 2. The summed E-state index contributed by atoms with van der Waals surface area (Å²) in [7, 11) is 0. The quantitative estimate of drug-likeness (QED) is 0.849. The minimum atomic E-state index is 0.390. The third-order valence-corrected chi connectivity index (χ3v) is 3.23. The van der Waals surface area contributed by atoms with Gasteiger partial charge < -0.3 is 0 Å². The predicted molar refractivity (Wildman–Crippen MR) is 68.2 cm³/mol. The molecule has 0 aliphatic rings. The van der Waals surface area contributed by atoms with E-state index in [1.54, 1.807) is 0 Å². The third kappa shape index (κ3) is 1.99. The zero-order chi connectivity index (χ0) is 11.7. The van der Waals surface area contributed by atoms with Crippen LogP contribution in [0.2, 0.25) is 5.28 Å². The summed E-state index contributed by atoms with van der Waals surface area (Å²) in [6, 6.07) is 6.09. The number of hydrogen-bond donors (Lipinski definition) is 0. The molecule has 1 aromatic heterocycles. The van der Waals surface area contributed by atoms with Crippen molar-refractivity contribution in [1.82, 2.24) is 14.8 Å². The van der Waals surface area contributed by atoms with Gasteiger partial charge in [0.15, 0.2) is 0 Å². The van der Waals surface area contributed by atoms with Crippen molar-refractivity contribution in [3.63, 3.8) is 0 Å². The van der Waals surface area contributed by atoms with Crippen molar-refractivity contribution in [2.75, 3.05) is 0 Å². The summed E-state index contributed by atoms with van der Waals surface area (Å²) in [6.45, 7) is 4.07. The lowest BCUT2D eigenvalue weighted by Crippen LogP contribution is -2.01. The van der Waals surface area contributed by atoms with Gasteiger partial charge in [-0.15, -0.1) is 10.2 Å². The van der Waals surface area contributed by atoms with E-state index in [9.17, 15) is 0 Å². The molecule has 0 aliphatic carbocycles. The molecule has 0 bridgehead atoms. The van der Waals surface area contributed by atoms with E-state index < -0.39 is 0 Å². The molecule has 0 unspecified atom stereocenters. The first kappa shape index (κ1) is 11.6. The van der Waals surface area contributed by atoms with Crippen LogP contribution in [-0.4, -0.2) is 14.8 Å². The molecule has 0 spiro atoms. The average Bonchev–Trinajstić information content (AvgIpc) is 2.60. The summed E-state index contributed by atoms with van der Waals surface area (Å²) in [5, 5.41) is 8.31. The maximum Gasteiger partial charge on any atom is 0.229 e. The highest BCUT2D eigenvalue weighted by molar-refractivity contribution is 9.10. The summed E-state index contributed by atoms with van der Waals surface area (Å²) in [5.41, 5.74) is 2.16. The summed E-state index contributed by atoms with van der Waals surface area (Å²) in [5.74, 6) is 0.856. The van der Waals surface area contributed by atoms with E-state index in [1.807, 2.05) is 36.6 Å². The zero-order valence-electron chi connectivity index (χ0n) is 9.04. The third-order valence-electron chi connectivity index (χ3n) is 2.35. The number of aryl methyl sites for hydroxylation is 2. The number of rotatable bonds is 2. The molecular formula is C11H11BrClN3. The fourth-order valence-corrected chi connectivity index (χ4v) is 2.45. The van der Waals surface area contributed by atoms with Crippen LogP contribution in [0.5, 0.6) is 0 Å². The fourth-order valence-electron chi connectivity index (χ4n) is 1.56. The van der Waals surface area contributed by atoms with Crippen LogP contribution in [0.15, 0.2) is 22.7 Å². The van der Waals surface area contributed by atoms with Crippen molar-refractivity contribution < 1.29 is 0 Å². The van der Waals surface area contributed by atoms with Gasteiger partial charge in [0, 0.05) is 10.9 Å². The van der Waals surface area contributed by atoms with Gasteiger partial charge in [0.1, 0.15) is 5.82 Å². The Kier molecular flexibility index (Phi) is 3.30. The number of hydrogen-bond acceptors (Lipinski definition) is 2. The van der Waals surface area contributed by atoms with Crippen LogP contribution in [0.4, 0.5) is 0 Å². The smallest absolute Gasteiger partial charge is 0.229 e. The average molecular weight is 301 g/mol. The number of aromatic nitrogens is 3. The van der Waals surface area contributed by atoms with E-state index in [-0.39, 0.29) is 0 Å². The van der Waals surface area contributed by atoms with Crippen molar-refractivity contribution in [3.8, 4) is 5.69 Å². The molecule has 0 saturated heterocycles. The standard InChI is InChI=1S/C11H11BrClN3/c1-3-10-14-15-11(13)16(10)9-5-4-7(2)6-8(9)12/h4-6H,3H2,1-2H3. The monoisotopic (exact) mass is 299 g/mol. The Bertz CT molecular complexity index is 522. The van der Waals surface area contributed by atoms with Gasteiger partial charge in [0.25, 0.3) is 0 Å². The lowest BCUT2D eigenvalue weighted by molar-refractivity contribution is 0.880. The van der Waals surface area contributed by atoms with Gasteiger partial charge in [0.2, 0.25) is 5.28 Å². The van der Waals surface area contributed by atoms with Crippen molar-refractivity contribution in [3.05, 3.63) is 39.3 Å². The summed E-state index contributed by atoms with van der Waals surface area (Å²) >= 11 is 9.57. The van der Waals surface area contributed by atoms with Gasteiger partial charge in [0.05, 0.1) is 5.69 Å². The highest BCUT2D eigenvalue weighted by Crippen LogP contribution is 2.26. The second kappa shape index (κ2) is 4.55. The van der Waals surface area contributed by atoms with E-state index in [0.717, 1.165) is 22.4 Å². The van der Waals surface area contributed by atoms with E-state index >= 15 is 0 Å². The van der Waals surface area contributed by atoms with Crippen LogP contribution in [0, 0.1) is 6.92 Å². The van der Waals surface area contributed by atoms with E-state index in [2.05, 4.69) is 26.1 Å². The minimum Gasteiger partial charge on any atom is -0.269 e. The lowest BCUT2D eigenvalue weighted by atomic mass is 10.2. The van der Waals surface area contributed by atoms with Crippen LogP contribution < -0.4 is 0 Å². The summed E-state index contributed by atoms with van der Waals surface area (Å²) < 4.78 is 2.84. The van der Waals surface area contributed by atoms with Crippen LogP contribution in [-0.2, 0) is 6.42 Å². The molecule has 2 aromatic rings. The molecule has 0 saturated carbocycles. The molecule has 2 rings (SSSR count). The Labute approximate surface area is 108 Å². The van der Waals surface area contributed by atoms with Gasteiger partial charge in [-0.3, -0.25) is 4.57 Å². The lowest BCUT2D eigenvalue weighted by Gasteiger charge is -2.09. The Hall–Kier alpha value is -0.870. The SMILES string of the molecule is CCc1nnc(Cl)n1-c1ccc(C)cc1Br. The molecule has 16 heavy (non-hydrogen) atoms. The predicted octanol–water partition coefficient (Wildman–Crippen LogP) is 3.55. The van der Waals surface area contributed by atoms with Crippen molar-refractivity contribution >= 4 is 27.5 Å². The van der Waals surface area contributed by atoms with Crippen molar-refractivity contribution in [1.29, 1.82) is 0 Å². The number of benzene rings is 1. The van der Waals surface area contributed by atoms with E-state index in [4.69, 9.17) is 11.6 Å². The van der Waals surface area contributed by atoms with Crippen LogP contribution in [0.1, 0.15) is 18.3 Å². The molecule has 1 heterocycles. The Balaban J connectivity index is 2.62. The highest BCUT2D eigenvalue weighted by atomic mass is 79.9. The molecule has 84 valence electrons. The highest BCUT2D eigenvalue weighted by Gasteiger charge is 2.12. The van der Waals surface area contributed by atoms with Gasteiger partial charge >= 0.3 is 0 Å². The molecule has 0 N–H and O–H groups in total. The zero-order valence-corrected chi connectivity index (χ0v) is 11.4. The maximum atomic E-state index is 6.04. The molecule has 1 aromatic carbocycles. The van der Waals surface area contributed by atoms with Crippen molar-refractivity contribution in [2.24, 2.45) is 0 Å². The molecule has 0 aliphatic heterocycles. The van der Waals surface area contributed by atoms with Crippen LogP contribution in [0.25, 0.3) is 5.69 Å². The van der Waals surface area contributed by atoms with Gasteiger partial charge in [-0.25, -0.2) is 0 Å². The molecule has 0 fully saturated rings. The minimum absolute atomic E-state index is 0.390. The maximum absolute atomic E-state index is 6.04. The molecule has 0 radical (unpaired) electrons. The van der Waals surface area contributed by atoms with Crippen LogP contribution in [0.3, 0.4) is 0 Å². The largest absolute Gasteiger partial charge is 0.269 e. The van der Waals surface area contributed by atoms with Crippen molar-refractivity contribution in [2.45, 2.75) is 20.3 Å². The summed E-state index contributed by atoms with van der Waals surface area (Å²) in [4.78, 5) is 0. The first-order chi connectivity index (χ1) is 7.63. The molecule has 3 nitrogen and oxygen atoms in total. The van der Waals surface area contributed by atoms with Gasteiger partial charge in [-0.05, 0) is 52.2 Å². The van der Waals surface area contributed by atoms with Crippen LogP contribution >= 0.6 is 27.5 Å². The fraction of sp³-hybridized carbons (Fsp3) is 0.273. The molecule has 0 amide bonds. The first-order valence-electron chi connectivity index (χ1n) is 4.99. The van der Waals surface area contributed by atoms with Gasteiger partial charge in [-0.1, -0.05) is 13.0 Å². The van der Waals surface area contributed by atoms with E-state index in [1.165, 1.54) is 5.56 Å². The molecule has 0 atom stereocenters. The molecule has 5 heteroatoms. The Morgan fingerprint density at radius 2 is 2.12 bits per heavy atom. The van der Waals surface area contributed by atoms with E-state index in [0.29, 0.717) is 5.28 Å². The second-order valence-corrected chi connectivity index (χ2v) is 4.72. The number of nitrogens with zero attached hydrogens (tertiary/aromatic N) is 3. The first-order valence-corrected chi connectivity index (χ1v) is 6.17. The second-order valence-electron chi connectivity index (χ2n) is 3.53. The Morgan fingerprint density at radius 1 is 1.38 bits per heavy atom. The topological polar surface area (TPSA) is 30.7 Å². The Morgan fingerprint density at radius 3 is 2.75 bits per heavy atom. The summed E-state index contributed by atoms with van der Waals surface area (Å²) in [6.07, 6.45) is 0.792. The van der Waals surface area contributed by atoms with Gasteiger partial charge in [-0.2, -0.15) is 0 Å².